The number of hydrogen-bond donors (Lipinski definition) is 1. The first-order chi connectivity index (χ1) is 8.47. The summed E-state index contributed by atoms with van der Waals surface area (Å²) in [6, 6.07) is 0.388. The maximum absolute atomic E-state index is 5.11. The van der Waals surface area contributed by atoms with Gasteiger partial charge in [-0.3, -0.25) is 4.98 Å². The van der Waals surface area contributed by atoms with Crippen LogP contribution in [0.1, 0.15) is 39.8 Å². The maximum atomic E-state index is 5.11. The fourth-order valence-corrected chi connectivity index (χ4v) is 1.80. The van der Waals surface area contributed by atoms with Crippen LogP contribution >= 0.6 is 0 Å². The van der Waals surface area contributed by atoms with Gasteiger partial charge in [0.05, 0.1) is 19.0 Å². The zero-order valence-electron chi connectivity index (χ0n) is 12.2. The fourth-order valence-electron chi connectivity index (χ4n) is 1.80. The van der Waals surface area contributed by atoms with Crippen LogP contribution < -0.4 is 10.1 Å². The summed E-state index contributed by atoms with van der Waals surface area (Å²) in [6.45, 7) is 9.94. The molecule has 1 aromatic rings. The molecule has 1 rings (SSSR count). The molecule has 0 amide bonds. The third-order valence-electron chi connectivity index (χ3n) is 2.97. The van der Waals surface area contributed by atoms with Crippen LogP contribution in [0.15, 0.2) is 12.4 Å². The summed E-state index contributed by atoms with van der Waals surface area (Å²) in [5.41, 5.74) is 1.16. The molecule has 1 unspecified atom stereocenters. The van der Waals surface area contributed by atoms with Crippen molar-refractivity contribution < 1.29 is 4.74 Å². The van der Waals surface area contributed by atoms with Gasteiger partial charge in [-0.05, 0) is 18.4 Å². The molecule has 0 saturated carbocycles. The largest absolute Gasteiger partial charge is 0.480 e. The molecule has 0 bridgehead atoms. The van der Waals surface area contributed by atoms with Crippen LogP contribution in [0.5, 0.6) is 5.88 Å². The Kier molecular flexibility index (Phi) is 5.54. The van der Waals surface area contributed by atoms with Gasteiger partial charge in [0.1, 0.15) is 0 Å². The second-order valence-corrected chi connectivity index (χ2v) is 5.63. The van der Waals surface area contributed by atoms with Crippen molar-refractivity contribution in [3.63, 3.8) is 0 Å². The molecule has 1 N–H and O–H groups in total. The van der Waals surface area contributed by atoms with Crippen molar-refractivity contribution in [2.75, 3.05) is 13.7 Å². The average molecular weight is 251 g/mol. The number of methoxy groups -OCH3 is 1. The summed E-state index contributed by atoms with van der Waals surface area (Å²) in [7, 11) is 1.62. The van der Waals surface area contributed by atoms with E-state index in [2.05, 4.69) is 43.0 Å². The summed E-state index contributed by atoms with van der Waals surface area (Å²) in [6.07, 6.45) is 5.45. The molecule has 1 atom stereocenters. The van der Waals surface area contributed by atoms with Crippen molar-refractivity contribution >= 4 is 0 Å². The summed E-state index contributed by atoms with van der Waals surface area (Å²) >= 11 is 0. The lowest BCUT2D eigenvalue weighted by molar-refractivity contribution is 0.264. The lowest BCUT2D eigenvalue weighted by Crippen LogP contribution is -2.42. The molecule has 0 saturated heterocycles. The number of nitrogens with zero attached hydrogens (tertiary/aromatic N) is 2. The van der Waals surface area contributed by atoms with E-state index in [9.17, 15) is 0 Å². The van der Waals surface area contributed by atoms with Crippen LogP contribution in [-0.2, 0) is 6.42 Å². The van der Waals surface area contributed by atoms with Crippen LogP contribution in [0.4, 0.5) is 0 Å². The van der Waals surface area contributed by atoms with Gasteiger partial charge in [0.2, 0.25) is 5.88 Å². The number of hydrogen-bond acceptors (Lipinski definition) is 4. The molecule has 4 nitrogen and oxygen atoms in total. The van der Waals surface area contributed by atoms with E-state index in [1.54, 1.807) is 13.3 Å². The van der Waals surface area contributed by atoms with Crippen molar-refractivity contribution in [3.05, 3.63) is 18.1 Å². The van der Waals surface area contributed by atoms with E-state index in [0.717, 1.165) is 25.1 Å². The zero-order valence-corrected chi connectivity index (χ0v) is 12.2. The Hall–Kier alpha value is -1.16. The number of aromatic nitrogens is 2. The fraction of sp³-hybridized carbons (Fsp3) is 0.714. The first kappa shape index (κ1) is 14.9. The minimum absolute atomic E-state index is 0.194. The van der Waals surface area contributed by atoms with Gasteiger partial charge in [-0.15, -0.1) is 0 Å². The van der Waals surface area contributed by atoms with Crippen LogP contribution in [0, 0.1) is 5.41 Å². The number of ether oxygens (including phenoxy) is 1. The van der Waals surface area contributed by atoms with Gasteiger partial charge in [-0.2, -0.15) is 0 Å². The molecule has 102 valence electrons. The van der Waals surface area contributed by atoms with Crippen molar-refractivity contribution in [3.8, 4) is 5.88 Å². The Morgan fingerprint density at radius 1 is 1.33 bits per heavy atom. The predicted molar refractivity (Wildman–Crippen MR) is 73.8 cm³/mol. The zero-order chi connectivity index (χ0) is 13.6. The quantitative estimate of drug-likeness (QED) is 0.843. The molecule has 0 aliphatic carbocycles. The van der Waals surface area contributed by atoms with Crippen LogP contribution in [-0.4, -0.2) is 29.7 Å². The average Bonchev–Trinajstić information content (AvgIpc) is 2.33. The van der Waals surface area contributed by atoms with E-state index >= 15 is 0 Å². The lowest BCUT2D eigenvalue weighted by Gasteiger charge is -2.31. The first-order valence-electron chi connectivity index (χ1n) is 6.55. The highest BCUT2D eigenvalue weighted by atomic mass is 16.5. The van der Waals surface area contributed by atoms with Crippen LogP contribution in [0.2, 0.25) is 0 Å². The summed E-state index contributed by atoms with van der Waals surface area (Å²) in [5.74, 6) is 0.579. The molecule has 4 heteroatoms. The number of rotatable bonds is 6. The van der Waals surface area contributed by atoms with Crippen LogP contribution in [0.3, 0.4) is 0 Å². The topological polar surface area (TPSA) is 47.0 Å². The van der Waals surface area contributed by atoms with Gasteiger partial charge < -0.3 is 10.1 Å². The summed E-state index contributed by atoms with van der Waals surface area (Å²) in [4.78, 5) is 8.58. The third kappa shape index (κ3) is 4.61. The molecule has 0 aromatic carbocycles. The Bertz CT molecular complexity index is 360. The molecule has 0 spiro atoms. The van der Waals surface area contributed by atoms with Gasteiger partial charge in [0.15, 0.2) is 0 Å². The highest BCUT2D eigenvalue weighted by Crippen LogP contribution is 2.22. The molecule has 0 aliphatic heterocycles. The molecule has 18 heavy (non-hydrogen) atoms. The van der Waals surface area contributed by atoms with Gasteiger partial charge in [-0.1, -0.05) is 27.7 Å². The monoisotopic (exact) mass is 251 g/mol. The number of nitrogens with one attached hydrogen (secondary N) is 1. The Morgan fingerprint density at radius 2 is 2.06 bits per heavy atom. The predicted octanol–water partition coefficient (Wildman–Crippen LogP) is 2.44. The standard InChI is InChI=1S/C14H25N3O/c1-6-7-16-12(14(2,3)4)8-11-9-15-10-13(17-11)18-5/h9-10,12,16H,6-8H2,1-5H3. The SMILES string of the molecule is CCCNC(Cc1cncc(OC)n1)C(C)(C)C. The Labute approximate surface area is 110 Å². The second kappa shape index (κ2) is 6.69. The van der Waals surface area contributed by atoms with Crippen molar-refractivity contribution in [2.45, 2.75) is 46.6 Å². The van der Waals surface area contributed by atoms with E-state index in [0.29, 0.717) is 11.9 Å². The molecular formula is C14H25N3O. The molecule has 0 aliphatic rings. The van der Waals surface area contributed by atoms with Crippen LogP contribution in [0.25, 0.3) is 0 Å². The lowest BCUT2D eigenvalue weighted by atomic mass is 9.84. The highest BCUT2D eigenvalue weighted by molar-refractivity contribution is 5.10. The molecule has 1 heterocycles. The minimum atomic E-state index is 0.194. The molecule has 1 aromatic heterocycles. The maximum Gasteiger partial charge on any atom is 0.232 e. The van der Waals surface area contributed by atoms with E-state index in [1.165, 1.54) is 0 Å². The Morgan fingerprint density at radius 3 is 2.61 bits per heavy atom. The Balaban J connectivity index is 2.75. The van der Waals surface area contributed by atoms with Gasteiger partial charge in [-0.25, -0.2) is 4.98 Å². The van der Waals surface area contributed by atoms with Crippen molar-refractivity contribution in [1.82, 2.24) is 15.3 Å². The van der Waals surface area contributed by atoms with Crippen molar-refractivity contribution in [1.29, 1.82) is 0 Å². The third-order valence-corrected chi connectivity index (χ3v) is 2.97. The molecule has 0 radical (unpaired) electrons. The van der Waals surface area contributed by atoms with E-state index in [4.69, 9.17) is 4.74 Å². The minimum Gasteiger partial charge on any atom is -0.480 e. The summed E-state index contributed by atoms with van der Waals surface area (Å²) < 4.78 is 5.11. The van der Waals surface area contributed by atoms with Gasteiger partial charge >= 0.3 is 0 Å². The van der Waals surface area contributed by atoms with Crippen molar-refractivity contribution in [2.24, 2.45) is 5.41 Å². The normalized spacial score (nSPS) is 13.4. The molecular weight excluding hydrogens is 226 g/mol. The smallest absolute Gasteiger partial charge is 0.232 e. The van der Waals surface area contributed by atoms with E-state index in [1.807, 2.05) is 6.20 Å². The van der Waals surface area contributed by atoms with E-state index < -0.39 is 0 Å². The van der Waals surface area contributed by atoms with Gasteiger partial charge in [0.25, 0.3) is 0 Å². The van der Waals surface area contributed by atoms with E-state index in [-0.39, 0.29) is 5.41 Å². The summed E-state index contributed by atoms with van der Waals surface area (Å²) in [5, 5.41) is 3.59. The first-order valence-corrected chi connectivity index (χ1v) is 6.55. The van der Waals surface area contributed by atoms with Gasteiger partial charge in [0, 0.05) is 18.7 Å². The highest BCUT2D eigenvalue weighted by Gasteiger charge is 2.24. The second-order valence-electron chi connectivity index (χ2n) is 5.63. The molecule has 0 fully saturated rings.